The lowest BCUT2D eigenvalue weighted by atomic mass is 10.1. The van der Waals surface area contributed by atoms with Crippen LogP contribution in [-0.4, -0.2) is 39.6 Å². The first-order chi connectivity index (χ1) is 15.3. The standard InChI is InChI=1S/C22H21N3O6S/c1-29-15-5-3-13-4-6-17(10-14(13)9-15)32(27,28)25-19(22(26)30-2)12-16-11-18-20(31-16)7-8-24-21(18)23/h3-11,19,25H,12H2,1-2H3,(H2,23,24). The van der Waals surface area contributed by atoms with E-state index in [-0.39, 0.29) is 17.1 Å². The predicted molar refractivity (Wildman–Crippen MR) is 119 cm³/mol. The Kier molecular flexibility index (Phi) is 5.72. The van der Waals surface area contributed by atoms with Crippen LogP contribution in [0.15, 0.2) is 64.0 Å². The number of nitrogen functional groups attached to an aromatic ring is 1. The number of ether oxygens (including phenoxy) is 2. The number of methoxy groups -OCH3 is 2. The fourth-order valence-corrected chi connectivity index (χ4v) is 4.63. The lowest BCUT2D eigenvalue weighted by Crippen LogP contribution is -2.42. The molecule has 10 heteroatoms. The smallest absolute Gasteiger partial charge is 0.324 e. The summed E-state index contributed by atoms with van der Waals surface area (Å²) in [6, 6.07) is 12.1. The van der Waals surface area contributed by atoms with Crippen LogP contribution in [0, 0.1) is 0 Å². The molecule has 2 heterocycles. The van der Waals surface area contributed by atoms with Gasteiger partial charge in [-0.05, 0) is 47.2 Å². The van der Waals surface area contributed by atoms with Gasteiger partial charge in [-0.1, -0.05) is 12.1 Å². The van der Waals surface area contributed by atoms with Gasteiger partial charge in [0, 0.05) is 12.6 Å². The highest BCUT2D eigenvalue weighted by atomic mass is 32.2. The minimum atomic E-state index is -4.05. The summed E-state index contributed by atoms with van der Waals surface area (Å²) in [7, 11) is -1.33. The van der Waals surface area contributed by atoms with E-state index >= 15 is 0 Å². The summed E-state index contributed by atoms with van der Waals surface area (Å²) in [6.07, 6.45) is 1.43. The van der Waals surface area contributed by atoms with Gasteiger partial charge in [-0.25, -0.2) is 13.4 Å². The maximum Gasteiger partial charge on any atom is 0.324 e. The molecule has 32 heavy (non-hydrogen) atoms. The number of nitrogens with two attached hydrogens (primary N) is 1. The second kappa shape index (κ2) is 8.48. The van der Waals surface area contributed by atoms with E-state index in [9.17, 15) is 13.2 Å². The van der Waals surface area contributed by atoms with Crippen LogP contribution >= 0.6 is 0 Å². The highest BCUT2D eigenvalue weighted by molar-refractivity contribution is 7.89. The molecule has 1 unspecified atom stereocenters. The second-order valence-electron chi connectivity index (χ2n) is 7.10. The Morgan fingerprint density at radius 2 is 1.91 bits per heavy atom. The number of carbonyl (C=O) groups is 1. The molecule has 4 rings (SSSR count). The van der Waals surface area contributed by atoms with Crippen LogP contribution in [0.25, 0.3) is 21.7 Å². The van der Waals surface area contributed by atoms with Crippen LogP contribution in [0.5, 0.6) is 5.75 Å². The predicted octanol–water partition coefficient (Wildman–Crippen LogP) is 2.63. The van der Waals surface area contributed by atoms with Gasteiger partial charge >= 0.3 is 5.97 Å². The van der Waals surface area contributed by atoms with Crippen LogP contribution in [0.2, 0.25) is 0 Å². The van der Waals surface area contributed by atoms with E-state index in [0.717, 1.165) is 5.39 Å². The molecule has 0 spiro atoms. The van der Waals surface area contributed by atoms with Crippen molar-refractivity contribution >= 4 is 43.6 Å². The van der Waals surface area contributed by atoms with E-state index in [1.54, 1.807) is 30.3 Å². The van der Waals surface area contributed by atoms with Gasteiger partial charge < -0.3 is 19.6 Å². The first kappa shape index (κ1) is 21.6. The number of fused-ring (bicyclic) bond motifs is 2. The van der Waals surface area contributed by atoms with E-state index < -0.39 is 22.0 Å². The first-order valence-electron chi connectivity index (χ1n) is 9.61. The molecule has 9 nitrogen and oxygen atoms in total. The highest BCUT2D eigenvalue weighted by Crippen LogP contribution is 2.26. The molecule has 0 saturated carbocycles. The molecule has 0 aliphatic rings. The second-order valence-corrected chi connectivity index (χ2v) is 8.81. The zero-order valence-corrected chi connectivity index (χ0v) is 18.2. The quantitative estimate of drug-likeness (QED) is 0.406. The molecule has 0 radical (unpaired) electrons. The van der Waals surface area contributed by atoms with Crippen molar-refractivity contribution in [3.63, 3.8) is 0 Å². The summed E-state index contributed by atoms with van der Waals surface area (Å²) in [5.41, 5.74) is 6.34. The van der Waals surface area contributed by atoms with Gasteiger partial charge in [0.15, 0.2) is 0 Å². The van der Waals surface area contributed by atoms with Crippen molar-refractivity contribution in [3.8, 4) is 5.75 Å². The van der Waals surface area contributed by atoms with Crippen LogP contribution in [0.3, 0.4) is 0 Å². The average molecular weight is 455 g/mol. The zero-order chi connectivity index (χ0) is 22.9. The number of hydrogen-bond donors (Lipinski definition) is 2. The topological polar surface area (TPSA) is 134 Å². The van der Waals surface area contributed by atoms with E-state index in [1.807, 2.05) is 6.07 Å². The third kappa shape index (κ3) is 4.23. The summed E-state index contributed by atoms with van der Waals surface area (Å²) < 4.78 is 44.3. The summed E-state index contributed by atoms with van der Waals surface area (Å²) in [5, 5.41) is 2.11. The molecular formula is C22H21N3O6S. The van der Waals surface area contributed by atoms with Crippen LogP contribution in [0.4, 0.5) is 5.82 Å². The summed E-state index contributed by atoms with van der Waals surface area (Å²) >= 11 is 0. The van der Waals surface area contributed by atoms with Gasteiger partial charge in [0.2, 0.25) is 10.0 Å². The van der Waals surface area contributed by atoms with Gasteiger partial charge in [0.05, 0.1) is 24.5 Å². The molecule has 0 amide bonds. The van der Waals surface area contributed by atoms with Crippen LogP contribution in [-0.2, 0) is 26.0 Å². The number of sulfonamides is 1. The minimum Gasteiger partial charge on any atom is -0.497 e. The average Bonchev–Trinajstić information content (AvgIpc) is 3.21. The van der Waals surface area contributed by atoms with Gasteiger partial charge in [-0.15, -0.1) is 0 Å². The Hall–Kier alpha value is -3.63. The number of nitrogens with zero attached hydrogens (tertiary/aromatic N) is 1. The Morgan fingerprint density at radius 3 is 2.62 bits per heavy atom. The molecule has 4 aromatic rings. The van der Waals surface area contributed by atoms with Gasteiger partial charge in [0.1, 0.15) is 29.0 Å². The number of pyridine rings is 1. The SMILES string of the molecule is COC(=O)C(Cc1cc2c(N)nccc2o1)NS(=O)(=O)c1ccc2ccc(OC)cc2c1. The number of anilines is 1. The molecule has 3 N–H and O–H groups in total. The normalized spacial score (nSPS) is 12.7. The van der Waals surface area contributed by atoms with Crippen molar-refractivity contribution in [1.29, 1.82) is 0 Å². The maximum atomic E-state index is 13.1. The third-order valence-electron chi connectivity index (χ3n) is 5.04. The number of hydrogen-bond acceptors (Lipinski definition) is 8. The molecule has 2 aromatic heterocycles. The van der Waals surface area contributed by atoms with Crippen molar-refractivity contribution in [2.75, 3.05) is 20.0 Å². The summed E-state index contributed by atoms with van der Waals surface area (Å²) in [4.78, 5) is 16.4. The number of rotatable bonds is 7. The Morgan fingerprint density at radius 1 is 1.12 bits per heavy atom. The molecule has 1 atom stereocenters. The highest BCUT2D eigenvalue weighted by Gasteiger charge is 2.28. The number of benzene rings is 2. The molecule has 0 saturated heterocycles. The van der Waals surface area contributed by atoms with Crippen LogP contribution < -0.4 is 15.2 Å². The van der Waals surface area contributed by atoms with Gasteiger partial charge in [0.25, 0.3) is 0 Å². The minimum absolute atomic E-state index is 0.00482. The summed E-state index contributed by atoms with van der Waals surface area (Å²) in [6.45, 7) is 0. The number of esters is 1. The van der Waals surface area contributed by atoms with E-state index in [4.69, 9.17) is 19.6 Å². The van der Waals surface area contributed by atoms with Crippen molar-refractivity contribution in [2.45, 2.75) is 17.4 Å². The Bertz CT molecular complexity index is 1410. The van der Waals surface area contributed by atoms with Gasteiger partial charge in [-0.2, -0.15) is 4.72 Å². The van der Waals surface area contributed by atoms with Crippen LogP contribution in [0.1, 0.15) is 5.76 Å². The molecule has 2 aromatic carbocycles. The molecule has 0 aliphatic heterocycles. The first-order valence-corrected chi connectivity index (χ1v) is 11.1. The number of aromatic nitrogens is 1. The van der Waals surface area contributed by atoms with Crippen molar-refractivity contribution < 1.29 is 27.1 Å². The lowest BCUT2D eigenvalue weighted by molar-refractivity contribution is -0.142. The molecular weight excluding hydrogens is 434 g/mol. The number of nitrogens with one attached hydrogen (secondary N) is 1. The maximum absolute atomic E-state index is 13.1. The van der Waals surface area contributed by atoms with Crippen molar-refractivity contribution in [3.05, 3.63) is 60.5 Å². The molecule has 0 bridgehead atoms. The largest absolute Gasteiger partial charge is 0.497 e. The van der Waals surface area contributed by atoms with Crippen molar-refractivity contribution in [2.24, 2.45) is 0 Å². The summed E-state index contributed by atoms with van der Waals surface area (Å²) in [5.74, 6) is 0.494. The Labute approximate surface area is 184 Å². The number of carbonyl (C=O) groups excluding carboxylic acids is 1. The van der Waals surface area contributed by atoms with Crippen molar-refractivity contribution in [1.82, 2.24) is 9.71 Å². The monoisotopic (exact) mass is 455 g/mol. The van der Waals surface area contributed by atoms with Gasteiger partial charge in [-0.3, -0.25) is 4.79 Å². The third-order valence-corrected chi connectivity index (χ3v) is 6.51. The zero-order valence-electron chi connectivity index (χ0n) is 17.4. The molecule has 0 aliphatic carbocycles. The fourth-order valence-electron chi connectivity index (χ4n) is 3.41. The fraction of sp³-hybridized carbons (Fsp3) is 0.182. The van der Waals surface area contributed by atoms with E-state index in [1.165, 1.54) is 32.5 Å². The van der Waals surface area contributed by atoms with E-state index in [2.05, 4.69) is 9.71 Å². The lowest BCUT2D eigenvalue weighted by Gasteiger charge is -2.16. The Balaban J connectivity index is 1.64. The molecule has 166 valence electrons. The number of furan rings is 1. The van der Waals surface area contributed by atoms with E-state index in [0.29, 0.717) is 27.9 Å². The molecule has 0 fully saturated rings.